The van der Waals surface area contributed by atoms with E-state index < -0.39 is 0 Å². The second kappa shape index (κ2) is 4.91. The second-order valence-corrected chi connectivity index (χ2v) is 4.90. The molecule has 0 aliphatic carbocycles. The van der Waals surface area contributed by atoms with Crippen molar-refractivity contribution >= 4 is 17.2 Å². The molecule has 5 heteroatoms. The molecular formula is C14H19FN4. The first-order valence-corrected chi connectivity index (χ1v) is 6.25. The van der Waals surface area contributed by atoms with E-state index in [1.54, 1.807) is 6.07 Å². The summed E-state index contributed by atoms with van der Waals surface area (Å²) in [5.41, 5.74) is 8.25. The van der Waals surface area contributed by atoms with Crippen molar-refractivity contribution in [2.75, 3.05) is 17.7 Å². The average Bonchev–Trinajstić information content (AvgIpc) is 2.65. The van der Waals surface area contributed by atoms with Crippen LogP contribution in [0.1, 0.15) is 25.6 Å². The van der Waals surface area contributed by atoms with Crippen molar-refractivity contribution < 1.29 is 4.39 Å². The van der Waals surface area contributed by atoms with Crippen LogP contribution in [-0.4, -0.2) is 16.8 Å². The molecule has 0 bridgehead atoms. The Hall–Kier alpha value is -2.04. The number of rotatable bonds is 3. The molecule has 1 aromatic carbocycles. The van der Waals surface area contributed by atoms with Gasteiger partial charge in [0.15, 0.2) is 5.82 Å². The fraction of sp³-hybridized carbons (Fsp3) is 0.357. The fourth-order valence-electron chi connectivity index (χ4n) is 2.05. The van der Waals surface area contributed by atoms with Crippen molar-refractivity contribution in [1.29, 1.82) is 0 Å². The lowest BCUT2D eigenvalue weighted by Gasteiger charge is -2.22. The van der Waals surface area contributed by atoms with E-state index in [-0.39, 0.29) is 11.9 Å². The summed E-state index contributed by atoms with van der Waals surface area (Å²) in [7, 11) is 1.86. The molecule has 2 N–H and O–H groups in total. The van der Waals surface area contributed by atoms with Gasteiger partial charge in [-0.05, 0) is 39.0 Å². The van der Waals surface area contributed by atoms with Gasteiger partial charge in [0.2, 0.25) is 0 Å². The number of benzene rings is 1. The third-order valence-corrected chi connectivity index (χ3v) is 3.11. The van der Waals surface area contributed by atoms with Crippen LogP contribution in [-0.2, 0) is 0 Å². The number of halogens is 1. The van der Waals surface area contributed by atoms with E-state index in [9.17, 15) is 4.39 Å². The Morgan fingerprint density at radius 2 is 2.05 bits per heavy atom. The Balaban J connectivity index is 2.52. The van der Waals surface area contributed by atoms with Gasteiger partial charge in [-0.1, -0.05) is 6.07 Å². The molecule has 2 aromatic rings. The second-order valence-electron chi connectivity index (χ2n) is 4.90. The monoisotopic (exact) mass is 262 g/mol. The molecule has 1 aromatic heterocycles. The first kappa shape index (κ1) is 13.4. The SMILES string of the molecule is Cc1nn(C(C)C)c(N(C)c2cccc(F)c2)c1N. The van der Waals surface area contributed by atoms with Crippen molar-refractivity contribution in [3.63, 3.8) is 0 Å². The van der Waals surface area contributed by atoms with Gasteiger partial charge in [-0.25, -0.2) is 9.07 Å². The number of hydrogen-bond acceptors (Lipinski definition) is 3. The van der Waals surface area contributed by atoms with Crippen LogP contribution in [0.4, 0.5) is 21.6 Å². The van der Waals surface area contributed by atoms with Gasteiger partial charge in [0.05, 0.1) is 11.4 Å². The minimum Gasteiger partial charge on any atom is -0.394 e. The highest BCUT2D eigenvalue weighted by atomic mass is 19.1. The summed E-state index contributed by atoms with van der Waals surface area (Å²) in [5, 5.41) is 4.43. The standard InChI is InChI=1S/C14H19FN4/c1-9(2)19-14(13(16)10(3)17-19)18(4)12-7-5-6-11(15)8-12/h5-9H,16H2,1-4H3. The van der Waals surface area contributed by atoms with Gasteiger partial charge in [-0.3, -0.25) is 0 Å². The third-order valence-electron chi connectivity index (χ3n) is 3.11. The Morgan fingerprint density at radius 1 is 1.37 bits per heavy atom. The molecule has 0 aliphatic heterocycles. The van der Waals surface area contributed by atoms with Crippen molar-refractivity contribution in [3.8, 4) is 0 Å². The molecule has 2 rings (SSSR count). The lowest BCUT2D eigenvalue weighted by atomic mass is 10.2. The number of hydrogen-bond donors (Lipinski definition) is 1. The molecule has 0 saturated heterocycles. The van der Waals surface area contributed by atoms with E-state index in [1.165, 1.54) is 12.1 Å². The predicted molar refractivity (Wildman–Crippen MR) is 76.2 cm³/mol. The van der Waals surface area contributed by atoms with Gasteiger partial charge >= 0.3 is 0 Å². The maximum Gasteiger partial charge on any atom is 0.155 e. The minimum absolute atomic E-state index is 0.182. The van der Waals surface area contributed by atoms with Crippen LogP contribution < -0.4 is 10.6 Å². The highest BCUT2D eigenvalue weighted by Gasteiger charge is 2.19. The van der Waals surface area contributed by atoms with Crippen LogP contribution in [0.15, 0.2) is 24.3 Å². The number of anilines is 3. The lowest BCUT2D eigenvalue weighted by molar-refractivity contribution is 0.531. The van der Waals surface area contributed by atoms with Crippen molar-refractivity contribution in [2.45, 2.75) is 26.8 Å². The zero-order valence-electron chi connectivity index (χ0n) is 11.7. The molecule has 0 radical (unpaired) electrons. The summed E-state index contributed by atoms with van der Waals surface area (Å²) >= 11 is 0. The molecule has 0 aliphatic rings. The van der Waals surface area contributed by atoms with E-state index in [0.717, 1.165) is 17.2 Å². The summed E-state index contributed by atoms with van der Waals surface area (Å²) in [4.78, 5) is 1.86. The van der Waals surface area contributed by atoms with Crippen molar-refractivity contribution in [3.05, 3.63) is 35.8 Å². The topological polar surface area (TPSA) is 47.1 Å². The van der Waals surface area contributed by atoms with Crippen LogP contribution >= 0.6 is 0 Å². The summed E-state index contributed by atoms with van der Waals surface area (Å²) in [6.07, 6.45) is 0. The summed E-state index contributed by atoms with van der Waals surface area (Å²) in [6.45, 7) is 5.95. The molecule has 102 valence electrons. The van der Waals surface area contributed by atoms with E-state index in [2.05, 4.69) is 5.10 Å². The van der Waals surface area contributed by atoms with E-state index in [1.807, 2.05) is 43.5 Å². The van der Waals surface area contributed by atoms with Crippen LogP contribution in [0.2, 0.25) is 0 Å². The van der Waals surface area contributed by atoms with E-state index in [0.29, 0.717) is 5.69 Å². The van der Waals surface area contributed by atoms with Crippen LogP contribution in [0, 0.1) is 12.7 Å². The Morgan fingerprint density at radius 3 is 2.63 bits per heavy atom. The maximum absolute atomic E-state index is 13.3. The highest BCUT2D eigenvalue weighted by Crippen LogP contribution is 2.33. The zero-order valence-corrected chi connectivity index (χ0v) is 11.7. The van der Waals surface area contributed by atoms with Crippen molar-refractivity contribution in [1.82, 2.24) is 9.78 Å². The van der Waals surface area contributed by atoms with E-state index >= 15 is 0 Å². The third kappa shape index (κ3) is 2.41. The van der Waals surface area contributed by atoms with Gasteiger partial charge in [-0.2, -0.15) is 5.10 Å². The van der Waals surface area contributed by atoms with E-state index in [4.69, 9.17) is 5.73 Å². The van der Waals surface area contributed by atoms with Crippen molar-refractivity contribution in [2.24, 2.45) is 0 Å². The fourth-order valence-corrected chi connectivity index (χ4v) is 2.05. The quantitative estimate of drug-likeness (QED) is 0.923. The molecule has 1 heterocycles. The minimum atomic E-state index is -0.268. The van der Waals surface area contributed by atoms with Crippen LogP contribution in [0.3, 0.4) is 0 Å². The highest BCUT2D eigenvalue weighted by molar-refractivity contribution is 5.73. The first-order valence-electron chi connectivity index (χ1n) is 6.25. The number of nitrogen functional groups attached to an aromatic ring is 1. The van der Waals surface area contributed by atoms with Gasteiger partial charge < -0.3 is 10.6 Å². The molecule has 0 atom stereocenters. The van der Waals surface area contributed by atoms with Crippen LogP contribution in [0.5, 0.6) is 0 Å². The normalized spacial score (nSPS) is 11.1. The van der Waals surface area contributed by atoms with Gasteiger partial charge in [0.25, 0.3) is 0 Å². The molecule has 0 amide bonds. The van der Waals surface area contributed by atoms with Crippen LogP contribution in [0.25, 0.3) is 0 Å². The average molecular weight is 262 g/mol. The van der Waals surface area contributed by atoms with Gasteiger partial charge in [-0.15, -0.1) is 0 Å². The zero-order chi connectivity index (χ0) is 14.2. The number of nitrogens with two attached hydrogens (primary N) is 1. The summed E-state index contributed by atoms with van der Waals surface area (Å²) in [6, 6.07) is 6.61. The number of aromatic nitrogens is 2. The maximum atomic E-state index is 13.3. The summed E-state index contributed by atoms with van der Waals surface area (Å²) in [5.74, 6) is 0.522. The Labute approximate surface area is 112 Å². The largest absolute Gasteiger partial charge is 0.394 e. The molecule has 0 fully saturated rings. The van der Waals surface area contributed by atoms with Gasteiger partial charge in [0.1, 0.15) is 5.82 Å². The number of aryl methyl sites for hydroxylation is 1. The smallest absolute Gasteiger partial charge is 0.155 e. The molecule has 0 unspecified atom stereocenters. The molecule has 4 nitrogen and oxygen atoms in total. The van der Waals surface area contributed by atoms with Gasteiger partial charge in [0, 0.05) is 18.8 Å². The Kier molecular flexibility index (Phi) is 3.46. The number of nitrogens with zero attached hydrogens (tertiary/aromatic N) is 3. The molecular weight excluding hydrogens is 243 g/mol. The lowest BCUT2D eigenvalue weighted by Crippen LogP contribution is -2.17. The molecule has 0 spiro atoms. The predicted octanol–water partition coefficient (Wildman–Crippen LogP) is 3.26. The Bertz CT molecular complexity index is 589. The summed E-state index contributed by atoms with van der Waals surface area (Å²) < 4.78 is 15.2. The molecule has 0 saturated carbocycles. The molecule has 19 heavy (non-hydrogen) atoms. The first-order chi connectivity index (χ1) is 8.91.